The molecule has 8 nitrogen and oxygen atoms in total. The molecule has 0 unspecified atom stereocenters. The first kappa shape index (κ1) is 22.4. The Bertz CT molecular complexity index is 1420. The summed E-state index contributed by atoms with van der Waals surface area (Å²) in [7, 11) is 0. The number of carbonyl (C=O) groups is 1. The number of H-pyrrole nitrogens is 1. The van der Waals surface area contributed by atoms with Crippen LogP contribution in [-0.4, -0.2) is 58.2 Å². The molecule has 36 heavy (non-hydrogen) atoms. The molecule has 2 saturated heterocycles. The first-order valence-corrected chi connectivity index (χ1v) is 12.0. The molecule has 2 fully saturated rings. The lowest BCUT2D eigenvalue weighted by molar-refractivity contribution is -0.0267. The van der Waals surface area contributed by atoms with Crippen LogP contribution in [0.1, 0.15) is 29.8 Å². The van der Waals surface area contributed by atoms with E-state index in [2.05, 4.69) is 36.4 Å². The average Bonchev–Trinajstić information content (AvgIpc) is 3.31. The van der Waals surface area contributed by atoms with Gasteiger partial charge in [0.05, 0.1) is 30.5 Å². The Labute approximate surface area is 206 Å². The number of hydrogen-bond donors (Lipinski definition) is 2. The van der Waals surface area contributed by atoms with Crippen LogP contribution in [0.3, 0.4) is 0 Å². The third kappa shape index (κ3) is 4.34. The van der Waals surface area contributed by atoms with Crippen LogP contribution in [0.25, 0.3) is 22.0 Å². The Morgan fingerprint density at radius 2 is 1.81 bits per heavy atom. The molecule has 0 atom stereocenters. The molecule has 2 N–H and O–H groups in total. The van der Waals surface area contributed by atoms with E-state index >= 15 is 0 Å². The Morgan fingerprint density at radius 3 is 2.61 bits per heavy atom. The molecule has 0 spiro atoms. The molecule has 4 aromatic rings. The number of carbonyl (C=O) groups excluding carboxylic acids is 1. The van der Waals surface area contributed by atoms with Crippen molar-refractivity contribution in [3.05, 3.63) is 60.7 Å². The lowest BCUT2D eigenvalue weighted by Gasteiger charge is -2.39. The summed E-state index contributed by atoms with van der Waals surface area (Å²) in [5.41, 5.74) is 4.46. The maximum atomic E-state index is 13.2. The predicted octanol–water partition coefficient (Wildman–Crippen LogP) is 4.72. The molecule has 0 aliphatic carbocycles. The third-order valence-electron chi connectivity index (χ3n) is 6.73. The van der Waals surface area contributed by atoms with Gasteiger partial charge in [-0.15, -0.1) is 0 Å². The molecule has 1 amide bonds. The van der Waals surface area contributed by atoms with E-state index in [4.69, 9.17) is 0 Å². The van der Waals surface area contributed by atoms with Gasteiger partial charge in [0.25, 0.3) is 11.8 Å². The molecule has 0 radical (unpaired) electrons. The molecule has 3 aromatic heterocycles. The van der Waals surface area contributed by atoms with Crippen LogP contribution in [0.15, 0.2) is 55.0 Å². The monoisotopic (exact) mass is 489 g/mol. The number of nitrogens with zero attached hydrogens (tertiary/aromatic N) is 5. The molecule has 0 bridgehead atoms. The standard InChI is InChI=1S/C26H25F2N7O/c27-26(28)15-35(16-26)23-12-19(6-7-30-23)31-25(36)24-21-11-17(4-5-22(21)32-33-24)18-10-20(14-29-13-18)34-8-2-1-3-9-34/h4-7,10-14H,1-3,8-9,15-16H2,(H,32,33)(H,30,31,36). The van der Waals surface area contributed by atoms with E-state index in [1.165, 1.54) is 30.4 Å². The minimum atomic E-state index is -2.70. The van der Waals surface area contributed by atoms with Crippen molar-refractivity contribution in [2.24, 2.45) is 0 Å². The number of fused-ring (bicyclic) bond motifs is 1. The quantitative estimate of drug-likeness (QED) is 0.422. The van der Waals surface area contributed by atoms with Crippen molar-refractivity contribution in [2.45, 2.75) is 25.2 Å². The van der Waals surface area contributed by atoms with E-state index in [9.17, 15) is 13.6 Å². The van der Waals surface area contributed by atoms with Gasteiger partial charge in [-0.3, -0.25) is 14.9 Å². The van der Waals surface area contributed by atoms with Gasteiger partial charge in [0.2, 0.25) is 0 Å². The van der Waals surface area contributed by atoms with Crippen molar-refractivity contribution in [3.63, 3.8) is 0 Å². The highest BCUT2D eigenvalue weighted by molar-refractivity contribution is 6.11. The van der Waals surface area contributed by atoms with E-state index in [1.807, 2.05) is 30.6 Å². The Hall–Kier alpha value is -4.08. The van der Waals surface area contributed by atoms with Gasteiger partial charge in [0, 0.05) is 48.2 Å². The van der Waals surface area contributed by atoms with E-state index < -0.39 is 11.8 Å². The normalized spacial score (nSPS) is 17.2. The number of rotatable bonds is 5. The zero-order valence-corrected chi connectivity index (χ0v) is 19.5. The van der Waals surface area contributed by atoms with Crippen LogP contribution < -0.4 is 15.1 Å². The smallest absolute Gasteiger partial charge is 0.282 e. The number of aromatic amines is 1. The zero-order chi connectivity index (χ0) is 24.7. The lowest BCUT2D eigenvalue weighted by atomic mass is 10.0. The Morgan fingerprint density at radius 1 is 0.972 bits per heavy atom. The van der Waals surface area contributed by atoms with Crippen molar-refractivity contribution in [1.82, 2.24) is 20.2 Å². The van der Waals surface area contributed by atoms with Crippen LogP contribution in [0, 0.1) is 0 Å². The van der Waals surface area contributed by atoms with Gasteiger partial charge >= 0.3 is 0 Å². The van der Waals surface area contributed by atoms with Gasteiger partial charge in [-0.25, -0.2) is 13.8 Å². The molecular weight excluding hydrogens is 464 g/mol. The molecule has 0 saturated carbocycles. The lowest BCUT2D eigenvalue weighted by Crippen LogP contribution is -2.56. The number of anilines is 3. The Kier molecular flexibility index (Phi) is 5.50. The van der Waals surface area contributed by atoms with Crippen LogP contribution in [-0.2, 0) is 0 Å². The van der Waals surface area contributed by atoms with Crippen LogP contribution >= 0.6 is 0 Å². The first-order chi connectivity index (χ1) is 17.4. The largest absolute Gasteiger partial charge is 0.370 e. The number of benzene rings is 1. The number of alkyl halides is 2. The van der Waals surface area contributed by atoms with Crippen LogP contribution in [0.5, 0.6) is 0 Å². The van der Waals surface area contributed by atoms with Gasteiger partial charge in [-0.2, -0.15) is 5.10 Å². The molecule has 1 aromatic carbocycles. The maximum absolute atomic E-state index is 13.2. The van der Waals surface area contributed by atoms with Crippen LogP contribution in [0.4, 0.5) is 26.0 Å². The number of aromatic nitrogens is 4. The van der Waals surface area contributed by atoms with E-state index in [1.54, 1.807) is 12.1 Å². The molecule has 10 heteroatoms. The fourth-order valence-electron chi connectivity index (χ4n) is 4.81. The summed E-state index contributed by atoms with van der Waals surface area (Å²) in [6, 6.07) is 11.2. The summed E-state index contributed by atoms with van der Waals surface area (Å²) in [6.07, 6.45) is 8.85. The van der Waals surface area contributed by atoms with Crippen molar-refractivity contribution < 1.29 is 13.6 Å². The minimum absolute atomic E-state index is 0.251. The third-order valence-corrected chi connectivity index (χ3v) is 6.73. The summed E-state index contributed by atoms with van der Waals surface area (Å²) in [6.45, 7) is 1.32. The highest BCUT2D eigenvalue weighted by Gasteiger charge is 2.44. The molecule has 2 aliphatic rings. The van der Waals surface area contributed by atoms with Crippen LogP contribution in [0.2, 0.25) is 0 Å². The number of piperidine rings is 1. The minimum Gasteiger partial charge on any atom is -0.370 e. The summed E-state index contributed by atoms with van der Waals surface area (Å²) in [5, 5.41) is 10.7. The summed E-state index contributed by atoms with van der Waals surface area (Å²) >= 11 is 0. The second-order valence-corrected chi connectivity index (χ2v) is 9.38. The fraction of sp³-hybridized carbons (Fsp3) is 0.308. The van der Waals surface area contributed by atoms with E-state index in [-0.39, 0.29) is 18.8 Å². The molecule has 2 aliphatic heterocycles. The first-order valence-electron chi connectivity index (χ1n) is 12.0. The summed E-state index contributed by atoms with van der Waals surface area (Å²) in [5.74, 6) is -2.70. The summed E-state index contributed by atoms with van der Waals surface area (Å²) in [4.78, 5) is 25.5. The number of amides is 1. The van der Waals surface area contributed by atoms with Gasteiger partial charge in [-0.1, -0.05) is 6.07 Å². The Balaban J connectivity index is 1.24. The number of pyridine rings is 2. The van der Waals surface area contributed by atoms with E-state index in [0.717, 1.165) is 35.4 Å². The van der Waals surface area contributed by atoms with Crippen molar-refractivity contribution in [2.75, 3.05) is 41.3 Å². The fourth-order valence-corrected chi connectivity index (χ4v) is 4.81. The van der Waals surface area contributed by atoms with Crippen molar-refractivity contribution in [1.29, 1.82) is 0 Å². The van der Waals surface area contributed by atoms with Gasteiger partial charge < -0.3 is 15.1 Å². The topological polar surface area (TPSA) is 90.0 Å². The second-order valence-electron chi connectivity index (χ2n) is 9.38. The SMILES string of the molecule is O=C(Nc1ccnc(N2CC(F)(F)C2)c1)c1n[nH]c2ccc(-c3cncc(N4CCCCC4)c3)cc12. The molecule has 6 rings (SSSR count). The molecule has 5 heterocycles. The molecule has 184 valence electrons. The number of halogens is 2. The highest BCUT2D eigenvalue weighted by Crippen LogP contribution is 2.32. The zero-order valence-electron chi connectivity index (χ0n) is 19.5. The summed E-state index contributed by atoms with van der Waals surface area (Å²) < 4.78 is 26.5. The van der Waals surface area contributed by atoms with Gasteiger partial charge in [0.15, 0.2) is 5.69 Å². The maximum Gasteiger partial charge on any atom is 0.282 e. The van der Waals surface area contributed by atoms with Crippen molar-refractivity contribution >= 4 is 34.0 Å². The highest BCUT2D eigenvalue weighted by atomic mass is 19.3. The predicted molar refractivity (Wildman–Crippen MR) is 135 cm³/mol. The van der Waals surface area contributed by atoms with Gasteiger partial charge in [-0.05, 0) is 49.1 Å². The molecular formula is C26H25F2N7O. The number of hydrogen-bond acceptors (Lipinski definition) is 6. The van der Waals surface area contributed by atoms with Crippen molar-refractivity contribution in [3.8, 4) is 11.1 Å². The average molecular weight is 490 g/mol. The second kappa shape index (κ2) is 8.85. The van der Waals surface area contributed by atoms with E-state index in [0.29, 0.717) is 16.9 Å². The number of nitrogens with one attached hydrogen (secondary N) is 2. The van der Waals surface area contributed by atoms with Gasteiger partial charge in [0.1, 0.15) is 5.82 Å².